The number of nitrogens with two attached hydrogens (primary N) is 1. The van der Waals surface area contributed by atoms with Gasteiger partial charge in [0.25, 0.3) is 11.3 Å². The molecule has 0 bridgehead atoms. The second-order valence-corrected chi connectivity index (χ2v) is 8.85. The number of nitrogen functional groups attached to an aromatic ring is 1. The number of aromatic nitrogens is 4. The Morgan fingerprint density at radius 2 is 2.19 bits per heavy atom. The molecule has 1 aromatic carbocycles. The van der Waals surface area contributed by atoms with E-state index in [0.29, 0.717) is 38.0 Å². The van der Waals surface area contributed by atoms with E-state index in [9.17, 15) is 14.9 Å². The van der Waals surface area contributed by atoms with Crippen molar-refractivity contribution in [3.8, 4) is 0 Å². The van der Waals surface area contributed by atoms with E-state index in [4.69, 9.17) is 17.3 Å². The van der Waals surface area contributed by atoms with Crippen molar-refractivity contribution in [2.45, 2.75) is 35.9 Å². The molecule has 3 N–H and O–H groups in total. The molecule has 3 aromatic rings. The Hall–Kier alpha value is -2.92. The van der Waals surface area contributed by atoms with E-state index >= 15 is 0 Å². The number of non-ortho nitro benzene ring substituents is 1. The molecule has 12 heteroatoms. The van der Waals surface area contributed by atoms with Crippen LogP contribution in [0.3, 0.4) is 0 Å². The quantitative estimate of drug-likeness (QED) is 0.238. The average Bonchev–Trinajstić information content (AvgIpc) is 3.20. The van der Waals surface area contributed by atoms with Crippen LogP contribution in [-0.4, -0.2) is 44.3 Å². The Bertz CT molecular complexity index is 1130. The van der Waals surface area contributed by atoms with Crippen molar-refractivity contribution in [1.29, 1.82) is 0 Å². The van der Waals surface area contributed by atoms with Crippen molar-refractivity contribution in [3.63, 3.8) is 0 Å². The molecule has 0 aliphatic carbocycles. The molecule has 0 radical (unpaired) electrons. The maximum absolute atomic E-state index is 11.1. The molecule has 1 aliphatic heterocycles. The van der Waals surface area contributed by atoms with Gasteiger partial charge in [0.15, 0.2) is 5.52 Å². The molecular formula is C19H21ClN7O3S+. The number of rotatable bonds is 7. The lowest BCUT2D eigenvalue weighted by molar-refractivity contribution is -0.677. The summed E-state index contributed by atoms with van der Waals surface area (Å²) < 4.78 is 1.95. The number of anilines is 1. The van der Waals surface area contributed by atoms with E-state index in [0.717, 1.165) is 45.3 Å². The number of fused-ring (bicyclic) bond motifs is 1. The third kappa shape index (κ3) is 4.72. The van der Waals surface area contributed by atoms with Gasteiger partial charge in [0, 0.05) is 30.1 Å². The SMILES string of the molecule is Nc1nc[n+](CCC2CCN(C=O)CC2)c2nc(Sc3cc([N+](=O)[O-])ccc3Cl)[nH]c12. The third-order valence-corrected chi connectivity index (χ3v) is 6.82. The molecule has 31 heavy (non-hydrogen) atoms. The van der Waals surface area contributed by atoms with Crippen LogP contribution in [0.25, 0.3) is 11.2 Å². The van der Waals surface area contributed by atoms with Crippen LogP contribution >= 0.6 is 23.4 Å². The first kappa shape index (κ1) is 21.3. The predicted octanol–water partition coefficient (Wildman–Crippen LogP) is 2.80. The zero-order valence-electron chi connectivity index (χ0n) is 16.5. The van der Waals surface area contributed by atoms with Crippen molar-refractivity contribution in [2.24, 2.45) is 5.92 Å². The number of halogens is 1. The zero-order chi connectivity index (χ0) is 22.0. The Labute approximate surface area is 187 Å². The van der Waals surface area contributed by atoms with Crippen molar-refractivity contribution in [1.82, 2.24) is 19.9 Å². The summed E-state index contributed by atoms with van der Waals surface area (Å²) in [6.45, 7) is 2.31. The molecule has 0 saturated carbocycles. The van der Waals surface area contributed by atoms with Crippen molar-refractivity contribution in [3.05, 3.63) is 39.7 Å². The van der Waals surface area contributed by atoms with Crippen molar-refractivity contribution < 1.29 is 14.3 Å². The number of piperidine rings is 1. The lowest BCUT2D eigenvalue weighted by Crippen LogP contribution is -2.38. The standard InChI is InChI=1S/C19H20ClN7O3S/c20-14-2-1-13(27(29)30)9-15(14)31-19-23-16-17(21)22-10-26(18(16)24-19)8-5-12-3-6-25(11-28)7-4-12/h1-2,9-12H,3-8H2,(H2,21,23,24)/p+1. The lowest BCUT2D eigenvalue weighted by atomic mass is 9.94. The molecule has 1 amide bonds. The number of nitro benzene ring substituents is 1. The fraction of sp³-hybridized carbons (Fsp3) is 0.368. The first-order valence-corrected chi connectivity index (χ1v) is 11.0. The number of nitrogens with zero attached hydrogens (tertiary/aromatic N) is 5. The molecule has 2 aromatic heterocycles. The van der Waals surface area contributed by atoms with E-state index in [1.165, 1.54) is 30.0 Å². The molecule has 4 rings (SSSR count). The number of aromatic amines is 1. The van der Waals surface area contributed by atoms with E-state index in [1.807, 2.05) is 9.47 Å². The number of hydrogen-bond acceptors (Lipinski definition) is 7. The summed E-state index contributed by atoms with van der Waals surface area (Å²) in [7, 11) is 0. The number of nitro groups is 1. The van der Waals surface area contributed by atoms with Gasteiger partial charge in [-0.05, 0) is 43.0 Å². The topological polar surface area (TPSA) is 135 Å². The van der Waals surface area contributed by atoms with E-state index < -0.39 is 4.92 Å². The first-order chi connectivity index (χ1) is 14.9. The van der Waals surface area contributed by atoms with Gasteiger partial charge in [0.1, 0.15) is 0 Å². The van der Waals surface area contributed by atoms with Gasteiger partial charge in [-0.15, -0.1) is 0 Å². The second kappa shape index (κ2) is 9.06. The number of aryl methyl sites for hydroxylation is 1. The van der Waals surface area contributed by atoms with Crippen molar-refractivity contribution in [2.75, 3.05) is 18.8 Å². The summed E-state index contributed by atoms with van der Waals surface area (Å²) >= 11 is 7.42. The van der Waals surface area contributed by atoms with Gasteiger partial charge in [0.05, 0.1) is 16.5 Å². The van der Waals surface area contributed by atoms with Crippen LogP contribution in [0.4, 0.5) is 11.5 Å². The van der Waals surface area contributed by atoms with Gasteiger partial charge < -0.3 is 15.6 Å². The van der Waals surface area contributed by atoms with Crippen LogP contribution in [0.15, 0.2) is 34.6 Å². The number of benzene rings is 1. The Kier molecular flexibility index (Phi) is 6.23. The summed E-state index contributed by atoms with van der Waals surface area (Å²) in [6.07, 6.45) is 5.50. The van der Waals surface area contributed by atoms with Gasteiger partial charge >= 0.3 is 0 Å². The van der Waals surface area contributed by atoms with Gasteiger partial charge in [-0.1, -0.05) is 21.6 Å². The molecule has 1 saturated heterocycles. The van der Waals surface area contributed by atoms with Crippen LogP contribution in [0.2, 0.25) is 5.02 Å². The third-order valence-electron chi connectivity index (χ3n) is 5.44. The first-order valence-electron chi connectivity index (χ1n) is 9.79. The summed E-state index contributed by atoms with van der Waals surface area (Å²) in [4.78, 5) is 35.9. The second-order valence-electron chi connectivity index (χ2n) is 7.41. The zero-order valence-corrected chi connectivity index (χ0v) is 18.1. The molecular weight excluding hydrogens is 442 g/mol. The number of likely N-dealkylation sites (tertiary alicyclic amines) is 1. The maximum Gasteiger partial charge on any atom is 0.294 e. The minimum atomic E-state index is -0.464. The molecule has 162 valence electrons. The number of imidazole rings is 1. The largest absolute Gasteiger partial charge is 0.368 e. The average molecular weight is 463 g/mol. The number of nitrogens with one attached hydrogen (secondary N) is 1. The van der Waals surface area contributed by atoms with Gasteiger partial charge in [-0.25, -0.2) is 4.57 Å². The van der Waals surface area contributed by atoms with E-state index in [-0.39, 0.29) is 5.69 Å². The minimum Gasteiger partial charge on any atom is -0.368 e. The molecule has 10 nitrogen and oxygen atoms in total. The highest BCUT2D eigenvalue weighted by atomic mass is 35.5. The van der Waals surface area contributed by atoms with Crippen LogP contribution in [0, 0.1) is 16.0 Å². The van der Waals surface area contributed by atoms with Gasteiger partial charge in [-0.3, -0.25) is 14.9 Å². The highest BCUT2D eigenvalue weighted by molar-refractivity contribution is 7.99. The fourth-order valence-corrected chi connectivity index (χ4v) is 4.72. The van der Waals surface area contributed by atoms with Crippen LogP contribution in [0.1, 0.15) is 19.3 Å². The summed E-state index contributed by atoms with van der Waals surface area (Å²) in [6, 6.07) is 4.28. The summed E-state index contributed by atoms with van der Waals surface area (Å²) in [5.74, 6) is 0.864. The highest BCUT2D eigenvalue weighted by Crippen LogP contribution is 2.35. The number of amides is 1. The Balaban J connectivity index is 1.54. The maximum atomic E-state index is 11.1. The molecule has 3 heterocycles. The molecule has 1 fully saturated rings. The Morgan fingerprint density at radius 1 is 1.42 bits per heavy atom. The Morgan fingerprint density at radius 3 is 2.90 bits per heavy atom. The van der Waals surface area contributed by atoms with Crippen LogP contribution in [0.5, 0.6) is 0 Å². The number of hydrogen-bond donors (Lipinski definition) is 2. The van der Waals surface area contributed by atoms with Crippen LogP contribution < -0.4 is 10.3 Å². The van der Waals surface area contributed by atoms with Crippen molar-refractivity contribution >= 4 is 52.4 Å². The number of carbonyl (C=O) groups excluding carboxylic acids is 1. The number of carbonyl (C=O) groups is 1. The van der Waals surface area contributed by atoms with Gasteiger partial charge in [-0.2, -0.15) is 0 Å². The molecule has 1 aliphatic rings. The monoisotopic (exact) mass is 462 g/mol. The molecule has 0 spiro atoms. The molecule has 0 atom stereocenters. The summed E-state index contributed by atoms with van der Waals surface area (Å²) in [5, 5.41) is 12.0. The fourth-order valence-electron chi connectivity index (χ4n) is 3.65. The summed E-state index contributed by atoms with van der Waals surface area (Å²) in [5.41, 5.74) is 7.28. The molecule has 0 unspecified atom stereocenters. The highest BCUT2D eigenvalue weighted by Gasteiger charge is 2.23. The van der Waals surface area contributed by atoms with E-state index in [1.54, 1.807) is 6.33 Å². The smallest absolute Gasteiger partial charge is 0.294 e. The van der Waals surface area contributed by atoms with E-state index in [2.05, 4.69) is 15.0 Å². The van der Waals surface area contributed by atoms with Crippen LogP contribution in [-0.2, 0) is 11.3 Å². The normalized spacial score (nSPS) is 14.8. The minimum absolute atomic E-state index is 0.0418. The van der Waals surface area contributed by atoms with Gasteiger partial charge in [0.2, 0.25) is 23.7 Å². The number of H-pyrrole nitrogens is 1. The lowest BCUT2D eigenvalue weighted by Gasteiger charge is -2.28. The predicted molar refractivity (Wildman–Crippen MR) is 116 cm³/mol.